The molecule has 5 nitrogen and oxygen atoms in total. The number of ketones is 1. The highest BCUT2D eigenvalue weighted by Gasteiger charge is 2.15. The Bertz CT molecular complexity index is 1580. The van der Waals surface area contributed by atoms with Gasteiger partial charge in [0.1, 0.15) is 5.70 Å². The number of nitrogens with one attached hydrogen (secondary N) is 2. The molecule has 0 spiro atoms. The lowest BCUT2D eigenvalue weighted by Gasteiger charge is -2.12. The second-order valence-corrected chi connectivity index (χ2v) is 9.53. The van der Waals surface area contributed by atoms with Crippen LogP contribution < -0.4 is 10.6 Å². The van der Waals surface area contributed by atoms with E-state index in [-0.39, 0.29) is 11.5 Å². The highest BCUT2D eigenvalue weighted by atomic mass is 35.5. The van der Waals surface area contributed by atoms with Crippen LogP contribution in [0.4, 0.5) is 5.69 Å². The van der Waals surface area contributed by atoms with Gasteiger partial charge in [0.05, 0.1) is 0 Å². The molecule has 0 aliphatic heterocycles. The molecule has 0 aliphatic carbocycles. The van der Waals surface area contributed by atoms with Crippen LogP contribution in [-0.2, 0) is 4.79 Å². The second-order valence-electron chi connectivity index (χ2n) is 8.69. The minimum Gasteiger partial charge on any atom is -0.321 e. The Labute approximate surface area is 236 Å². The van der Waals surface area contributed by atoms with Crippen molar-refractivity contribution in [3.8, 4) is 0 Å². The molecule has 4 rings (SSSR count). The van der Waals surface area contributed by atoms with Crippen molar-refractivity contribution in [1.82, 2.24) is 5.32 Å². The molecule has 0 saturated heterocycles. The van der Waals surface area contributed by atoms with Crippen molar-refractivity contribution in [2.75, 3.05) is 5.32 Å². The van der Waals surface area contributed by atoms with Gasteiger partial charge in [-0.05, 0) is 84.8 Å². The van der Waals surface area contributed by atoms with E-state index in [1.54, 1.807) is 78.9 Å². The first-order valence-electron chi connectivity index (χ1n) is 12.0. The number of aryl methyl sites for hydroxylation is 1. The minimum absolute atomic E-state index is 0.0809. The van der Waals surface area contributed by atoms with Crippen molar-refractivity contribution < 1.29 is 14.4 Å². The van der Waals surface area contributed by atoms with Gasteiger partial charge in [-0.2, -0.15) is 0 Å². The molecule has 0 heterocycles. The van der Waals surface area contributed by atoms with Crippen molar-refractivity contribution in [3.05, 3.63) is 147 Å². The summed E-state index contributed by atoms with van der Waals surface area (Å²) in [5.41, 5.74) is 3.86. The summed E-state index contributed by atoms with van der Waals surface area (Å²) in [5.74, 6) is -1.13. The van der Waals surface area contributed by atoms with E-state index in [2.05, 4.69) is 10.6 Å². The molecule has 194 valence electrons. The van der Waals surface area contributed by atoms with Crippen molar-refractivity contribution in [2.24, 2.45) is 0 Å². The van der Waals surface area contributed by atoms with E-state index >= 15 is 0 Å². The van der Waals surface area contributed by atoms with E-state index in [9.17, 15) is 14.4 Å². The fraction of sp³-hybridized carbons (Fsp3) is 0.0312. The Hall–Kier alpha value is -4.45. The van der Waals surface area contributed by atoms with Crippen molar-refractivity contribution in [3.63, 3.8) is 0 Å². The summed E-state index contributed by atoms with van der Waals surface area (Å²) in [6.07, 6.45) is 4.66. The van der Waals surface area contributed by atoms with Gasteiger partial charge in [-0.15, -0.1) is 0 Å². The molecule has 2 N–H and O–H groups in total. The summed E-state index contributed by atoms with van der Waals surface area (Å²) < 4.78 is 0. The summed E-state index contributed by atoms with van der Waals surface area (Å²) in [5, 5.41) is 6.46. The van der Waals surface area contributed by atoms with Gasteiger partial charge in [0.15, 0.2) is 5.78 Å². The Morgan fingerprint density at radius 3 is 2.21 bits per heavy atom. The van der Waals surface area contributed by atoms with Crippen molar-refractivity contribution >= 4 is 58.6 Å². The third kappa shape index (κ3) is 7.77. The lowest BCUT2D eigenvalue weighted by atomic mass is 10.1. The number of benzene rings is 4. The van der Waals surface area contributed by atoms with E-state index in [1.165, 1.54) is 6.08 Å². The molecule has 4 aromatic rings. The zero-order valence-electron chi connectivity index (χ0n) is 21.0. The predicted octanol–water partition coefficient (Wildman–Crippen LogP) is 7.61. The molecule has 0 aromatic heterocycles. The number of hydrogen-bond acceptors (Lipinski definition) is 3. The molecule has 7 heteroatoms. The van der Waals surface area contributed by atoms with Crippen LogP contribution in [0.2, 0.25) is 10.0 Å². The number of allylic oxidation sites excluding steroid dienone is 1. The smallest absolute Gasteiger partial charge is 0.272 e. The van der Waals surface area contributed by atoms with Crippen LogP contribution in [-0.4, -0.2) is 17.6 Å². The zero-order valence-corrected chi connectivity index (χ0v) is 22.5. The Morgan fingerprint density at radius 1 is 0.769 bits per heavy atom. The number of hydrogen-bond donors (Lipinski definition) is 2. The van der Waals surface area contributed by atoms with Gasteiger partial charge in [-0.1, -0.05) is 77.3 Å². The Balaban J connectivity index is 1.49. The number of carbonyl (C=O) groups excluding carboxylic acids is 3. The van der Waals surface area contributed by atoms with E-state index in [1.807, 2.05) is 37.3 Å². The third-order valence-corrected chi connectivity index (χ3v) is 6.25. The standard InChI is InChI=1S/C32H24Cl2N2O3/c1-21-6-5-7-22(18-21)19-29(36-31(38)25-8-3-2-4-9-25)32(39)35-27-15-11-24(12-16-27)30(37)17-13-23-10-14-26(33)20-28(23)34/h2-20H,1H3,(H,35,39)(H,36,38)/b17-13+,29-19-. The first-order valence-corrected chi connectivity index (χ1v) is 12.8. The SMILES string of the molecule is Cc1cccc(/C=C(\NC(=O)c2ccccc2)C(=O)Nc2ccc(C(=O)/C=C/c3ccc(Cl)cc3Cl)cc2)c1. The average molecular weight is 555 g/mol. The van der Waals surface area contributed by atoms with Crippen LogP contribution in [0.25, 0.3) is 12.2 Å². The fourth-order valence-electron chi connectivity index (χ4n) is 3.68. The van der Waals surface area contributed by atoms with Crippen LogP contribution in [0.5, 0.6) is 0 Å². The van der Waals surface area contributed by atoms with Crippen LogP contribution in [0.1, 0.15) is 37.4 Å². The van der Waals surface area contributed by atoms with Gasteiger partial charge >= 0.3 is 0 Å². The van der Waals surface area contributed by atoms with Gasteiger partial charge in [0.2, 0.25) is 0 Å². The Kier molecular flexibility index (Phi) is 9.10. The highest BCUT2D eigenvalue weighted by Crippen LogP contribution is 2.22. The van der Waals surface area contributed by atoms with Gasteiger partial charge < -0.3 is 10.6 Å². The molecule has 0 atom stereocenters. The molecule has 0 bridgehead atoms. The fourth-order valence-corrected chi connectivity index (χ4v) is 4.16. The number of anilines is 1. The second kappa shape index (κ2) is 12.9. The summed E-state index contributed by atoms with van der Waals surface area (Å²) in [7, 11) is 0. The maximum atomic E-state index is 13.2. The molecule has 39 heavy (non-hydrogen) atoms. The van der Waals surface area contributed by atoms with E-state index < -0.39 is 11.8 Å². The topological polar surface area (TPSA) is 75.3 Å². The molecule has 0 radical (unpaired) electrons. The van der Waals surface area contributed by atoms with Gasteiger partial charge in [0.25, 0.3) is 11.8 Å². The van der Waals surface area contributed by atoms with Crippen molar-refractivity contribution in [2.45, 2.75) is 6.92 Å². The van der Waals surface area contributed by atoms with Gasteiger partial charge in [-0.25, -0.2) is 0 Å². The van der Waals surface area contributed by atoms with E-state index in [0.717, 1.165) is 11.1 Å². The quantitative estimate of drug-likeness (QED) is 0.174. The van der Waals surface area contributed by atoms with Crippen molar-refractivity contribution in [1.29, 1.82) is 0 Å². The third-order valence-electron chi connectivity index (χ3n) is 5.69. The maximum Gasteiger partial charge on any atom is 0.272 e. The van der Waals surface area contributed by atoms with Gasteiger partial charge in [0, 0.05) is 26.9 Å². The Morgan fingerprint density at radius 2 is 1.51 bits per heavy atom. The molecule has 0 unspecified atom stereocenters. The van der Waals surface area contributed by atoms with Crippen LogP contribution in [0.15, 0.2) is 109 Å². The summed E-state index contributed by atoms with van der Waals surface area (Å²) in [4.78, 5) is 38.6. The number of rotatable bonds is 8. The van der Waals surface area contributed by atoms with Gasteiger partial charge in [-0.3, -0.25) is 14.4 Å². The molecule has 0 fully saturated rings. The lowest BCUT2D eigenvalue weighted by molar-refractivity contribution is -0.113. The normalized spacial score (nSPS) is 11.3. The summed E-state index contributed by atoms with van der Waals surface area (Å²) in [6.45, 7) is 1.95. The van der Waals surface area contributed by atoms with E-state index in [0.29, 0.717) is 32.4 Å². The number of halogens is 2. The van der Waals surface area contributed by atoms with Crippen LogP contribution in [0, 0.1) is 6.92 Å². The van der Waals surface area contributed by atoms with E-state index in [4.69, 9.17) is 23.2 Å². The first-order chi connectivity index (χ1) is 18.8. The summed E-state index contributed by atoms with van der Waals surface area (Å²) in [6, 6.07) is 27.7. The lowest BCUT2D eigenvalue weighted by Crippen LogP contribution is -2.30. The summed E-state index contributed by atoms with van der Waals surface area (Å²) >= 11 is 12.1. The zero-order chi connectivity index (χ0) is 27.8. The molecule has 4 aromatic carbocycles. The monoisotopic (exact) mass is 554 g/mol. The largest absolute Gasteiger partial charge is 0.321 e. The average Bonchev–Trinajstić information content (AvgIpc) is 2.93. The first kappa shape index (κ1) is 27.6. The molecular formula is C32H24Cl2N2O3. The number of amides is 2. The minimum atomic E-state index is -0.503. The molecule has 0 saturated carbocycles. The highest BCUT2D eigenvalue weighted by molar-refractivity contribution is 6.35. The predicted molar refractivity (Wildman–Crippen MR) is 158 cm³/mol. The maximum absolute atomic E-state index is 13.2. The molecule has 0 aliphatic rings. The van der Waals surface area contributed by atoms with Crippen LogP contribution in [0.3, 0.4) is 0 Å². The molecule has 2 amide bonds. The molecular weight excluding hydrogens is 531 g/mol. The number of carbonyl (C=O) groups is 3. The van der Waals surface area contributed by atoms with Crippen LogP contribution >= 0.6 is 23.2 Å².